The zero-order valence-corrected chi connectivity index (χ0v) is 24.1. The van der Waals surface area contributed by atoms with Gasteiger partial charge in [-0.05, 0) is 106 Å². The van der Waals surface area contributed by atoms with Crippen LogP contribution < -0.4 is 14.8 Å². The van der Waals surface area contributed by atoms with Gasteiger partial charge in [0.05, 0.1) is 22.1 Å². The van der Waals surface area contributed by atoms with Gasteiger partial charge in [0.15, 0.2) is 0 Å². The number of unbranched alkanes of at least 4 members (excludes halogenated alkanes) is 2. The van der Waals surface area contributed by atoms with E-state index in [1.165, 1.54) is 6.08 Å². The average Bonchev–Trinajstić information content (AvgIpc) is 2.92. The SMILES string of the molecule is COc1ccc(S(=O)(=O)NCCC2CCN(CCCCCNC(=O)/C=C/c3ccc(Cl)c(Cl)c3)CC2)cc1. The lowest BCUT2D eigenvalue weighted by molar-refractivity contribution is -0.116. The van der Waals surface area contributed by atoms with Crippen molar-refractivity contribution < 1.29 is 17.9 Å². The van der Waals surface area contributed by atoms with Crippen LogP contribution in [0.3, 0.4) is 0 Å². The third-order valence-electron chi connectivity index (χ3n) is 6.74. The van der Waals surface area contributed by atoms with Gasteiger partial charge in [-0.15, -0.1) is 0 Å². The number of benzene rings is 2. The van der Waals surface area contributed by atoms with E-state index < -0.39 is 10.0 Å². The van der Waals surface area contributed by atoms with Crippen LogP contribution in [0.4, 0.5) is 0 Å². The standard InChI is InChI=1S/C28H37Cl2N3O4S/c1-37-24-7-9-25(10-8-24)38(35,36)32-17-13-22-14-19-33(20-15-22)18-4-2-3-16-31-28(34)12-6-23-5-11-26(29)27(30)21-23/h5-12,21-22,32H,2-4,13-20H2,1H3,(H,31,34)/b12-6+. The summed E-state index contributed by atoms with van der Waals surface area (Å²) in [7, 11) is -1.94. The topological polar surface area (TPSA) is 87.7 Å². The Morgan fingerprint density at radius 1 is 1.03 bits per heavy atom. The molecule has 0 aliphatic carbocycles. The van der Waals surface area contributed by atoms with Crippen molar-refractivity contribution in [2.45, 2.75) is 43.4 Å². The average molecular weight is 583 g/mol. The van der Waals surface area contributed by atoms with Crippen molar-refractivity contribution in [3.05, 3.63) is 64.1 Å². The molecule has 1 aliphatic heterocycles. The molecule has 0 atom stereocenters. The van der Waals surface area contributed by atoms with Gasteiger partial charge in [-0.3, -0.25) is 4.79 Å². The smallest absolute Gasteiger partial charge is 0.243 e. The number of methoxy groups -OCH3 is 1. The number of ether oxygens (including phenoxy) is 1. The highest BCUT2D eigenvalue weighted by molar-refractivity contribution is 7.89. The predicted molar refractivity (Wildman–Crippen MR) is 154 cm³/mol. The molecule has 1 aliphatic rings. The molecule has 1 fully saturated rings. The maximum absolute atomic E-state index is 12.5. The van der Waals surface area contributed by atoms with E-state index in [1.54, 1.807) is 49.6 Å². The molecule has 1 saturated heterocycles. The van der Waals surface area contributed by atoms with Crippen LogP contribution in [0.2, 0.25) is 10.0 Å². The second-order valence-corrected chi connectivity index (χ2v) is 12.1. The van der Waals surface area contributed by atoms with Crippen LogP contribution in [0.1, 0.15) is 44.1 Å². The predicted octanol–water partition coefficient (Wildman–Crippen LogP) is 5.38. The summed E-state index contributed by atoms with van der Waals surface area (Å²) in [5.74, 6) is 1.05. The first-order valence-electron chi connectivity index (χ1n) is 13.0. The lowest BCUT2D eigenvalue weighted by Gasteiger charge is -2.32. The van der Waals surface area contributed by atoms with Crippen molar-refractivity contribution in [3.8, 4) is 5.75 Å². The van der Waals surface area contributed by atoms with Gasteiger partial charge < -0.3 is 15.0 Å². The van der Waals surface area contributed by atoms with Crippen molar-refractivity contribution in [1.29, 1.82) is 0 Å². The van der Waals surface area contributed by atoms with Crippen LogP contribution in [-0.4, -0.2) is 59.1 Å². The van der Waals surface area contributed by atoms with Crippen molar-refractivity contribution >= 4 is 45.2 Å². The van der Waals surface area contributed by atoms with Crippen molar-refractivity contribution in [2.24, 2.45) is 5.92 Å². The maximum atomic E-state index is 12.5. The Hall–Kier alpha value is -2.10. The molecule has 10 heteroatoms. The number of nitrogens with zero attached hydrogens (tertiary/aromatic N) is 1. The third kappa shape index (κ3) is 10.2. The monoisotopic (exact) mass is 581 g/mol. The summed E-state index contributed by atoms with van der Waals surface area (Å²) < 4.78 is 32.8. The molecule has 0 radical (unpaired) electrons. The molecule has 7 nitrogen and oxygen atoms in total. The minimum absolute atomic E-state index is 0.121. The zero-order valence-electron chi connectivity index (χ0n) is 21.8. The first-order valence-corrected chi connectivity index (χ1v) is 15.3. The fraction of sp³-hybridized carbons (Fsp3) is 0.464. The number of rotatable bonds is 14. The number of carbonyl (C=O) groups is 1. The summed E-state index contributed by atoms with van der Waals surface area (Å²) in [5, 5.41) is 3.87. The molecule has 1 heterocycles. The fourth-order valence-corrected chi connectivity index (χ4v) is 5.78. The largest absolute Gasteiger partial charge is 0.497 e. The molecule has 2 N–H and O–H groups in total. The van der Waals surface area contributed by atoms with Crippen LogP contribution in [-0.2, 0) is 14.8 Å². The molecule has 208 valence electrons. The number of likely N-dealkylation sites (tertiary alicyclic amines) is 1. The second-order valence-electron chi connectivity index (χ2n) is 9.51. The minimum Gasteiger partial charge on any atom is -0.497 e. The van der Waals surface area contributed by atoms with Crippen LogP contribution in [0.25, 0.3) is 6.08 Å². The minimum atomic E-state index is -3.50. The molecule has 0 spiro atoms. The van der Waals surface area contributed by atoms with Gasteiger partial charge in [0.25, 0.3) is 0 Å². The second kappa shape index (κ2) is 15.5. The van der Waals surface area contributed by atoms with Crippen molar-refractivity contribution in [2.75, 3.05) is 39.8 Å². The number of piperidine rings is 1. The van der Waals surface area contributed by atoms with Gasteiger partial charge in [-0.1, -0.05) is 35.7 Å². The Bertz CT molecular complexity index is 1170. The number of hydrogen-bond acceptors (Lipinski definition) is 5. The lowest BCUT2D eigenvalue weighted by atomic mass is 9.93. The summed E-state index contributed by atoms with van der Waals surface area (Å²) in [4.78, 5) is 14.7. The van der Waals surface area contributed by atoms with Crippen LogP contribution >= 0.6 is 23.2 Å². The van der Waals surface area contributed by atoms with Gasteiger partial charge in [0.2, 0.25) is 15.9 Å². The van der Waals surface area contributed by atoms with Crippen molar-refractivity contribution in [1.82, 2.24) is 14.9 Å². The van der Waals surface area contributed by atoms with E-state index in [2.05, 4.69) is 14.9 Å². The molecular weight excluding hydrogens is 545 g/mol. The normalized spacial score (nSPS) is 15.1. The molecule has 3 rings (SSSR count). The Morgan fingerprint density at radius 3 is 2.45 bits per heavy atom. The molecule has 2 aromatic rings. The number of carbonyl (C=O) groups excluding carboxylic acids is 1. The molecule has 0 aromatic heterocycles. The summed E-state index contributed by atoms with van der Waals surface area (Å²) in [6.07, 6.45) is 9.35. The molecule has 38 heavy (non-hydrogen) atoms. The number of halogens is 2. The van der Waals surface area contributed by atoms with E-state index in [0.29, 0.717) is 34.8 Å². The first kappa shape index (κ1) is 30.4. The van der Waals surface area contributed by atoms with E-state index in [9.17, 15) is 13.2 Å². The quantitative estimate of drug-likeness (QED) is 0.231. The summed E-state index contributed by atoms with van der Waals surface area (Å²) in [6.45, 7) is 4.26. The van der Waals surface area contributed by atoms with E-state index in [0.717, 1.165) is 63.7 Å². The highest BCUT2D eigenvalue weighted by Gasteiger charge is 2.20. The number of sulfonamides is 1. The zero-order chi connectivity index (χ0) is 27.4. The van der Waals surface area contributed by atoms with Gasteiger partial charge in [0, 0.05) is 19.2 Å². The lowest BCUT2D eigenvalue weighted by Crippen LogP contribution is -2.35. The summed E-state index contributed by atoms with van der Waals surface area (Å²) >= 11 is 11.9. The van der Waals surface area contributed by atoms with Crippen LogP contribution in [0, 0.1) is 5.92 Å². The summed E-state index contributed by atoms with van der Waals surface area (Å²) in [6, 6.07) is 11.7. The number of amides is 1. The van der Waals surface area contributed by atoms with Crippen LogP contribution in [0.15, 0.2) is 53.4 Å². The fourth-order valence-electron chi connectivity index (χ4n) is 4.43. The first-order chi connectivity index (χ1) is 18.3. The maximum Gasteiger partial charge on any atom is 0.243 e. The molecule has 0 saturated carbocycles. The van der Waals surface area contributed by atoms with Gasteiger partial charge in [-0.2, -0.15) is 0 Å². The van der Waals surface area contributed by atoms with E-state index in [4.69, 9.17) is 27.9 Å². The summed E-state index contributed by atoms with van der Waals surface area (Å²) in [5.41, 5.74) is 0.827. The Labute approximate surface area is 236 Å². The molecular formula is C28H37Cl2N3O4S. The van der Waals surface area contributed by atoms with E-state index >= 15 is 0 Å². The van der Waals surface area contributed by atoms with Gasteiger partial charge >= 0.3 is 0 Å². The Kier molecular flexibility index (Phi) is 12.4. The molecule has 0 bridgehead atoms. The van der Waals surface area contributed by atoms with Gasteiger partial charge in [0.1, 0.15) is 5.75 Å². The molecule has 2 aromatic carbocycles. The van der Waals surface area contributed by atoms with Crippen molar-refractivity contribution in [3.63, 3.8) is 0 Å². The van der Waals surface area contributed by atoms with Gasteiger partial charge in [-0.25, -0.2) is 13.1 Å². The Morgan fingerprint density at radius 2 is 1.76 bits per heavy atom. The highest BCUT2D eigenvalue weighted by atomic mass is 35.5. The van der Waals surface area contributed by atoms with Crippen LogP contribution in [0.5, 0.6) is 5.75 Å². The number of nitrogens with one attached hydrogen (secondary N) is 2. The third-order valence-corrected chi connectivity index (χ3v) is 8.96. The van der Waals surface area contributed by atoms with E-state index in [-0.39, 0.29) is 10.8 Å². The molecule has 0 unspecified atom stereocenters. The van der Waals surface area contributed by atoms with E-state index in [1.807, 2.05) is 6.07 Å². The highest BCUT2D eigenvalue weighted by Crippen LogP contribution is 2.23. The number of hydrogen-bond donors (Lipinski definition) is 2. The molecule has 1 amide bonds. The Balaban J connectivity index is 1.22.